The number of carbonyl (C=O) groups is 3. The summed E-state index contributed by atoms with van der Waals surface area (Å²) in [5, 5.41) is 0. The number of allylic oxidation sites excluding steroid dienone is 2. The van der Waals surface area contributed by atoms with E-state index in [1.165, 1.54) is 11.3 Å². The summed E-state index contributed by atoms with van der Waals surface area (Å²) in [4.78, 5) is 42.5. The highest BCUT2D eigenvalue weighted by Gasteiger charge is 2.56. The summed E-state index contributed by atoms with van der Waals surface area (Å²) in [5.74, 6) is 0.0741. The van der Waals surface area contributed by atoms with Crippen molar-refractivity contribution < 1.29 is 14.4 Å². The van der Waals surface area contributed by atoms with Crippen molar-refractivity contribution in [3.05, 3.63) is 42.0 Å². The molecule has 3 aliphatic carbocycles. The molecule has 5 aliphatic rings. The lowest BCUT2D eigenvalue weighted by molar-refractivity contribution is -0.136. The molecule has 5 heteroatoms. The van der Waals surface area contributed by atoms with Crippen LogP contribution in [0.4, 0.5) is 5.69 Å². The molecule has 1 saturated carbocycles. The molecule has 0 spiro atoms. The molecule has 1 aromatic rings. The second kappa shape index (κ2) is 7.36. The van der Waals surface area contributed by atoms with Crippen LogP contribution in [-0.2, 0) is 20.8 Å². The van der Waals surface area contributed by atoms with E-state index in [9.17, 15) is 14.4 Å². The van der Waals surface area contributed by atoms with Crippen molar-refractivity contribution in [2.45, 2.75) is 64.5 Å². The number of carbonyl (C=O) groups excluding carboxylic acids is 3. The third-order valence-electron chi connectivity index (χ3n) is 7.79. The standard InChI is InChI=1S/C25H30N2O3/c1-15-4-3-5-16(2)26(15)21(28)14-17-6-12-20(13-7-17)27-24(29)22-18-8-9-19(11-10-18)23(22)25(27)30/h6-9,12-13,15-16,18-19,22-23H,3-5,10-11,14H2,1-2H3. The average Bonchev–Trinajstić information content (AvgIpc) is 3.02. The van der Waals surface area contributed by atoms with Crippen LogP contribution in [0.15, 0.2) is 36.4 Å². The van der Waals surface area contributed by atoms with Gasteiger partial charge in [0.2, 0.25) is 17.7 Å². The highest BCUT2D eigenvalue weighted by Crippen LogP contribution is 2.50. The average molecular weight is 407 g/mol. The van der Waals surface area contributed by atoms with Crippen LogP contribution in [0.3, 0.4) is 0 Å². The lowest BCUT2D eigenvalue weighted by atomic mass is 9.63. The Labute approximate surface area is 178 Å². The minimum Gasteiger partial charge on any atom is -0.337 e. The predicted molar refractivity (Wildman–Crippen MR) is 115 cm³/mol. The molecule has 0 radical (unpaired) electrons. The second-order valence-corrected chi connectivity index (χ2v) is 9.63. The summed E-state index contributed by atoms with van der Waals surface area (Å²) in [6, 6.07) is 8.01. The molecular weight excluding hydrogens is 376 g/mol. The first-order valence-electron chi connectivity index (χ1n) is 11.4. The summed E-state index contributed by atoms with van der Waals surface area (Å²) in [5.41, 5.74) is 1.56. The normalized spacial score (nSPS) is 35.1. The Morgan fingerprint density at radius 3 is 1.90 bits per heavy atom. The minimum absolute atomic E-state index is 0.0520. The zero-order valence-electron chi connectivity index (χ0n) is 17.8. The van der Waals surface area contributed by atoms with Crippen molar-refractivity contribution in [3.8, 4) is 0 Å². The lowest BCUT2D eigenvalue weighted by Gasteiger charge is -2.39. The number of fused-ring (bicyclic) bond motifs is 1. The fourth-order valence-electron chi connectivity index (χ4n) is 6.27. The van der Waals surface area contributed by atoms with E-state index < -0.39 is 0 Å². The Hall–Kier alpha value is -2.43. The fraction of sp³-hybridized carbons (Fsp3) is 0.560. The fourth-order valence-corrected chi connectivity index (χ4v) is 6.27. The van der Waals surface area contributed by atoms with E-state index in [0.717, 1.165) is 31.2 Å². The molecular formula is C25H30N2O3. The number of amides is 3. The van der Waals surface area contributed by atoms with Gasteiger partial charge >= 0.3 is 0 Å². The van der Waals surface area contributed by atoms with Gasteiger partial charge in [0.05, 0.1) is 23.9 Å². The summed E-state index contributed by atoms with van der Waals surface area (Å²) in [6.45, 7) is 4.26. The van der Waals surface area contributed by atoms with Crippen molar-refractivity contribution in [2.24, 2.45) is 23.7 Å². The predicted octanol–water partition coefficient (Wildman–Crippen LogP) is 3.72. The molecule has 6 atom stereocenters. The Bertz CT molecular complexity index is 863. The Kier molecular flexibility index (Phi) is 4.79. The van der Waals surface area contributed by atoms with Gasteiger partial charge in [-0.25, -0.2) is 0 Å². The van der Waals surface area contributed by atoms with Crippen LogP contribution in [0.5, 0.6) is 0 Å². The van der Waals surface area contributed by atoms with Crippen molar-refractivity contribution in [1.82, 2.24) is 4.90 Å². The van der Waals surface area contributed by atoms with E-state index in [0.29, 0.717) is 12.1 Å². The van der Waals surface area contributed by atoms with E-state index >= 15 is 0 Å². The van der Waals surface area contributed by atoms with Gasteiger partial charge in [0.15, 0.2) is 0 Å². The van der Waals surface area contributed by atoms with Crippen LogP contribution in [0.1, 0.15) is 51.5 Å². The largest absolute Gasteiger partial charge is 0.337 e. The van der Waals surface area contributed by atoms with Crippen molar-refractivity contribution in [1.29, 1.82) is 0 Å². The molecule has 0 N–H and O–H groups in total. The topological polar surface area (TPSA) is 57.7 Å². The first kappa shape index (κ1) is 19.5. The maximum Gasteiger partial charge on any atom is 0.238 e. The summed E-state index contributed by atoms with van der Waals surface area (Å²) in [6.07, 6.45) is 9.95. The van der Waals surface area contributed by atoms with Crippen molar-refractivity contribution in [2.75, 3.05) is 4.90 Å². The van der Waals surface area contributed by atoms with Crippen LogP contribution in [0.25, 0.3) is 0 Å². The number of benzene rings is 1. The van der Waals surface area contributed by atoms with Gasteiger partial charge in [-0.1, -0.05) is 24.3 Å². The number of nitrogens with zero attached hydrogens (tertiary/aromatic N) is 2. The van der Waals surface area contributed by atoms with Gasteiger partial charge < -0.3 is 4.90 Å². The van der Waals surface area contributed by atoms with Gasteiger partial charge in [-0.3, -0.25) is 19.3 Å². The molecule has 2 aliphatic heterocycles. The highest BCUT2D eigenvalue weighted by molar-refractivity contribution is 6.22. The number of likely N-dealkylation sites (tertiary alicyclic amines) is 1. The number of anilines is 1. The van der Waals surface area contributed by atoms with Crippen LogP contribution >= 0.6 is 0 Å². The van der Waals surface area contributed by atoms with E-state index in [1.807, 2.05) is 29.2 Å². The SMILES string of the molecule is CC1CCCC(C)N1C(=O)Cc1ccc(N2C(=O)C3C4C=CC(CC4)C3C2=O)cc1. The Morgan fingerprint density at radius 2 is 1.40 bits per heavy atom. The van der Waals surface area contributed by atoms with Gasteiger partial charge in [0.1, 0.15) is 0 Å². The van der Waals surface area contributed by atoms with Gasteiger partial charge in [0.25, 0.3) is 0 Å². The third kappa shape index (κ3) is 3.01. The maximum absolute atomic E-state index is 13.1. The van der Waals surface area contributed by atoms with Crippen LogP contribution in [0.2, 0.25) is 0 Å². The lowest BCUT2D eigenvalue weighted by Crippen LogP contribution is -2.48. The molecule has 158 valence electrons. The first-order valence-corrected chi connectivity index (χ1v) is 11.4. The smallest absolute Gasteiger partial charge is 0.238 e. The van der Waals surface area contributed by atoms with Gasteiger partial charge in [0, 0.05) is 12.1 Å². The molecule has 30 heavy (non-hydrogen) atoms. The summed E-state index contributed by atoms with van der Waals surface area (Å²) in [7, 11) is 0. The monoisotopic (exact) mass is 406 g/mol. The zero-order valence-corrected chi connectivity index (χ0v) is 17.8. The minimum atomic E-state index is -0.190. The number of imide groups is 1. The van der Waals surface area contributed by atoms with E-state index in [2.05, 4.69) is 26.0 Å². The van der Waals surface area contributed by atoms with Crippen molar-refractivity contribution >= 4 is 23.4 Å². The molecule has 3 fully saturated rings. The first-order chi connectivity index (χ1) is 14.5. The maximum atomic E-state index is 13.1. The van der Waals surface area contributed by atoms with Crippen LogP contribution in [0, 0.1) is 23.7 Å². The quantitative estimate of drug-likeness (QED) is 0.568. The highest BCUT2D eigenvalue weighted by atomic mass is 16.2. The van der Waals surface area contributed by atoms with Gasteiger partial charge in [-0.15, -0.1) is 0 Å². The molecule has 2 heterocycles. The van der Waals surface area contributed by atoms with Crippen molar-refractivity contribution in [3.63, 3.8) is 0 Å². The third-order valence-corrected chi connectivity index (χ3v) is 7.79. The summed E-state index contributed by atoms with van der Waals surface area (Å²) >= 11 is 0. The Balaban J connectivity index is 1.31. The number of hydrogen-bond donors (Lipinski definition) is 0. The molecule has 6 rings (SSSR count). The molecule has 1 aromatic carbocycles. The molecule has 2 saturated heterocycles. The van der Waals surface area contributed by atoms with Gasteiger partial charge in [-0.2, -0.15) is 0 Å². The Morgan fingerprint density at radius 1 is 0.867 bits per heavy atom. The number of rotatable bonds is 3. The van der Waals surface area contributed by atoms with Crippen LogP contribution < -0.4 is 4.90 Å². The summed E-state index contributed by atoms with van der Waals surface area (Å²) < 4.78 is 0. The molecule has 6 unspecified atom stereocenters. The number of hydrogen-bond acceptors (Lipinski definition) is 3. The van der Waals surface area contributed by atoms with Gasteiger partial charge in [-0.05, 0) is 75.5 Å². The van der Waals surface area contributed by atoms with E-state index in [-0.39, 0.29) is 53.5 Å². The number of piperidine rings is 1. The molecule has 0 aromatic heterocycles. The zero-order chi connectivity index (χ0) is 21.0. The molecule has 3 amide bonds. The van der Waals surface area contributed by atoms with Crippen LogP contribution in [-0.4, -0.2) is 34.7 Å². The van der Waals surface area contributed by atoms with E-state index in [4.69, 9.17) is 0 Å². The second-order valence-electron chi connectivity index (χ2n) is 9.63. The molecule has 2 bridgehead atoms. The van der Waals surface area contributed by atoms with E-state index in [1.54, 1.807) is 0 Å². The molecule has 5 nitrogen and oxygen atoms in total.